The van der Waals surface area contributed by atoms with E-state index in [9.17, 15) is 0 Å². The van der Waals surface area contributed by atoms with Gasteiger partial charge in [-0.05, 0) is 11.6 Å². The summed E-state index contributed by atoms with van der Waals surface area (Å²) in [5.74, 6) is 0.640. The fourth-order valence-electron chi connectivity index (χ4n) is 2.54. The summed E-state index contributed by atoms with van der Waals surface area (Å²) in [7, 11) is 0. The van der Waals surface area contributed by atoms with Gasteiger partial charge in [-0.15, -0.1) is 5.10 Å². The number of hydrogen-bond donors (Lipinski definition) is 1. The van der Waals surface area contributed by atoms with Gasteiger partial charge >= 0.3 is 6.01 Å². The van der Waals surface area contributed by atoms with Crippen molar-refractivity contribution in [3.05, 3.63) is 35.7 Å². The molecule has 124 valence electrons. The second-order valence-electron chi connectivity index (χ2n) is 6.74. The molecular formula is C17H24N4O2. The van der Waals surface area contributed by atoms with E-state index in [1.165, 1.54) is 11.3 Å². The molecule has 1 aromatic heterocycles. The lowest BCUT2D eigenvalue weighted by molar-refractivity contribution is 0.122. The zero-order valence-electron chi connectivity index (χ0n) is 14.0. The van der Waals surface area contributed by atoms with E-state index in [-0.39, 0.29) is 5.41 Å². The molecule has 3 rings (SSSR count). The molecule has 0 radical (unpaired) electrons. The molecule has 0 bridgehead atoms. The van der Waals surface area contributed by atoms with Crippen molar-refractivity contribution in [1.29, 1.82) is 0 Å². The largest absolute Gasteiger partial charge is 0.408 e. The average molecular weight is 316 g/mol. The van der Waals surface area contributed by atoms with Crippen molar-refractivity contribution in [2.45, 2.75) is 32.7 Å². The van der Waals surface area contributed by atoms with E-state index >= 15 is 0 Å². The summed E-state index contributed by atoms with van der Waals surface area (Å²) in [6.45, 7) is 10.2. The van der Waals surface area contributed by atoms with Crippen molar-refractivity contribution in [2.24, 2.45) is 0 Å². The Bertz CT molecular complexity index is 642. The lowest BCUT2D eigenvalue weighted by Gasteiger charge is -2.30. The van der Waals surface area contributed by atoms with Crippen LogP contribution in [-0.4, -0.2) is 36.5 Å². The number of nitrogens with zero attached hydrogens (tertiary/aromatic N) is 3. The lowest BCUT2D eigenvalue weighted by atomic mass is 9.97. The minimum atomic E-state index is -0.140. The highest BCUT2D eigenvalue weighted by molar-refractivity contribution is 5.54. The second kappa shape index (κ2) is 6.58. The fraction of sp³-hybridized carbons (Fsp3) is 0.529. The molecule has 1 aliphatic heterocycles. The molecule has 6 nitrogen and oxygen atoms in total. The first-order chi connectivity index (χ1) is 11.0. The predicted molar refractivity (Wildman–Crippen MR) is 89.8 cm³/mol. The van der Waals surface area contributed by atoms with Crippen LogP contribution in [0.4, 0.5) is 11.7 Å². The average Bonchev–Trinajstić information content (AvgIpc) is 3.03. The Balaban J connectivity index is 1.69. The molecule has 0 spiro atoms. The number of ether oxygens (including phenoxy) is 1. The molecule has 23 heavy (non-hydrogen) atoms. The molecule has 2 aromatic rings. The molecule has 0 atom stereocenters. The van der Waals surface area contributed by atoms with Crippen LogP contribution in [0.5, 0.6) is 0 Å². The minimum absolute atomic E-state index is 0.140. The van der Waals surface area contributed by atoms with Crippen LogP contribution in [0.2, 0.25) is 0 Å². The maximum Gasteiger partial charge on any atom is 0.315 e. The van der Waals surface area contributed by atoms with E-state index < -0.39 is 0 Å². The minimum Gasteiger partial charge on any atom is -0.408 e. The predicted octanol–water partition coefficient (Wildman–Crippen LogP) is 2.82. The van der Waals surface area contributed by atoms with Crippen LogP contribution in [0.15, 0.2) is 28.7 Å². The number of anilines is 2. The first-order valence-corrected chi connectivity index (χ1v) is 8.02. The molecule has 1 N–H and O–H groups in total. The van der Waals surface area contributed by atoms with Crippen LogP contribution in [0.3, 0.4) is 0 Å². The Kier molecular flexibility index (Phi) is 4.52. The summed E-state index contributed by atoms with van der Waals surface area (Å²) in [4.78, 5) is 2.36. The quantitative estimate of drug-likeness (QED) is 0.936. The molecule has 0 aliphatic carbocycles. The number of benzene rings is 1. The molecule has 0 unspecified atom stereocenters. The third kappa shape index (κ3) is 3.82. The van der Waals surface area contributed by atoms with E-state index in [0.717, 1.165) is 26.3 Å². The van der Waals surface area contributed by atoms with Crippen LogP contribution in [-0.2, 0) is 16.7 Å². The van der Waals surface area contributed by atoms with Gasteiger partial charge in [-0.3, -0.25) is 0 Å². The van der Waals surface area contributed by atoms with Crippen molar-refractivity contribution in [3.63, 3.8) is 0 Å². The lowest BCUT2D eigenvalue weighted by Crippen LogP contribution is -2.36. The molecule has 0 saturated carbocycles. The van der Waals surface area contributed by atoms with E-state index in [2.05, 4.69) is 65.5 Å². The summed E-state index contributed by atoms with van der Waals surface area (Å²) < 4.78 is 11.1. The zero-order valence-corrected chi connectivity index (χ0v) is 14.0. The maximum absolute atomic E-state index is 5.69. The number of morpholine rings is 1. The summed E-state index contributed by atoms with van der Waals surface area (Å²) in [6.07, 6.45) is 0. The van der Waals surface area contributed by atoms with Gasteiger partial charge in [-0.2, -0.15) is 0 Å². The van der Waals surface area contributed by atoms with Crippen molar-refractivity contribution < 1.29 is 9.15 Å². The summed E-state index contributed by atoms with van der Waals surface area (Å²) in [5, 5.41) is 11.4. The van der Waals surface area contributed by atoms with Crippen LogP contribution in [0, 0.1) is 0 Å². The number of rotatable bonds is 4. The topological polar surface area (TPSA) is 63.4 Å². The van der Waals surface area contributed by atoms with E-state index in [1.54, 1.807) is 0 Å². The number of para-hydroxylation sites is 1. The van der Waals surface area contributed by atoms with E-state index in [1.807, 2.05) is 0 Å². The monoisotopic (exact) mass is 316 g/mol. The molecule has 0 amide bonds. The highest BCUT2D eigenvalue weighted by Gasteiger charge is 2.21. The molecule has 6 heteroatoms. The summed E-state index contributed by atoms with van der Waals surface area (Å²) in [6, 6.07) is 8.86. The Hall–Kier alpha value is -2.08. The van der Waals surface area contributed by atoms with Gasteiger partial charge < -0.3 is 19.4 Å². The fourth-order valence-corrected chi connectivity index (χ4v) is 2.54. The Morgan fingerprint density at radius 1 is 1.13 bits per heavy atom. The zero-order chi connectivity index (χ0) is 16.3. The molecule has 1 saturated heterocycles. The maximum atomic E-state index is 5.69. The summed E-state index contributed by atoms with van der Waals surface area (Å²) >= 11 is 0. The van der Waals surface area contributed by atoms with Gasteiger partial charge in [0.15, 0.2) is 0 Å². The molecule has 2 heterocycles. The first kappa shape index (κ1) is 15.8. The summed E-state index contributed by atoms with van der Waals surface area (Å²) in [5.41, 5.74) is 2.31. The van der Waals surface area contributed by atoms with Gasteiger partial charge in [0.05, 0.1) is 13.2 Å². The third-order valence-electron chi connectivity index (χ3n) is 3.84. The van der Waals surface area contributed by atoms with Crippen LogP contribution >= 0.6 is 0 Å². The van der Waals surface area contributed by atoms with Crippen LogP contribution in [0.1, 0.15) is 32.2 Å². The van der Waals surface area contributed by atoms with Crippen molar-refractivity contribution in [1.82, 2.24) is 10.2 Å². The van der Waals surface area contributed by atoms with Crippen molar-refractivity contribution in [2.75, 3.05) is 36.5 Å². The first-order valence-electron chi connectivity index (χ1n) is 8.02. The molecular weight excluding hydrogens is 292 g/mol. The Morgan fingerprint density at radius 3 is 2.57 bits per heavy atom. The van der Waals surface area contributed by atoms with E-state index in [0.29, 0.717) is 18.5 Å². The highest BCUT2D eigenvalue weighted by Crippen LogP contribution is 2.24. The molecule has 1 aromatic carbocycles. The van der Waals surface area contributed by atoms with Crippen LogP contribution in [0.25, 0.3) is 0 Å². The highest BCUT2D eigenvalue weighted by atomic mass is 16.5. The second-order valence-corrected chi connectivity index (χ2v) is 6.74. The van der Waals surface area contributed by atoms with Gasteiger partial charge in [0.1, 0.15) is 0 Å². The third-order valence-corrected chi connectivity index (χ3v) is 3.84. The number of hydrogen-bond acceptors (Lipinski definition) is 6. The van der Waals surface area contributed by atoms with Gasteiger partial charge in [0.25, 0.3) is 0 Å². The van der Waals surface area contributed by atoms with Gasteiger partial charge in [-0.1, -0.05) is 44.1 Å². The normalized spacial score (nSPS) is 15.7. The Morgan fingerprint density at radius 2 is 1.87 bits per heavy atom. The van der Waals surface area contributed by atoms with Gasteiger partial charge in [0.2, 0.25) is 5.89 Å². The SMILES string of the molecule is CC(C)(C)c1nnc(NCc2ccccc2N2CCOCC2)o1. The van der Waals surface area contributed by atoms with Crippen LogP contribution < -0.4 is 10.2 Å². The smallest absolute Gasteiger partial charge is 0.315 e. The number of aromatic nitrogens is 2. The molecule has 1 aliphatic rings. The molecule has 1 fully saturated rings. The number of nitrogens with one attached hydrogen (secondary N) is 1. The van der Waals surface area contributed by atoms with Gasteiger partial charge in [0, 0.05) is 30.7 Å². The van der Waals surface area contributed by atoms with Gasteiger partial charge in [-0.25, -0.2) is 0 Å². The van der Waals surface area contributed by atoms with E-state index in [4.69, 9.17) is 9.15 Å². The standard InChI is InChI=1S/C17H24N4O2/c1-17(2,3)15-19-20-16(23-15)18-12-13-6-4-5-7-14(13)21-8-10-22-11-9-21/h4-7H,8-12H2,1-3H3,(H,18,20). The van der Waals surface area contributed by atoms with Crippen molar-refractivity contribution in [3.8, 4) is 0 Å². The van der Waals surface area contributed by atoms with Crippen molar-refractivity contribution >= 4 is 11.7 Å². The Labute approximate surface area is 136 Å².